The first-order valence-electron chi connectivity index (χ1n) is 10.4. The molecule has 1 aliphatic heterocycles. The van der Waals surface area contributed by atoms with Crippen LogP contribution in [0.3, 0.4) is 0 Å². The average Bonchev–Trinajstić information content (AvgIpc) is 2.84. The van der Waals surface area contributed by atoms with E-state index >= 15 is 0 Å². The number of rotatable bonds is 6. The molecule has 0 N–H and O–H groups in total. The van der Waals surface area contributed by atoms with Gasteiger partial charge in [-0.1, -0.05) is 36.4 Å². The van der Waals surface area contributed by atoms with E-state index in [-0.39, 0.29) is 11.8 Å². The molecular weight excluding hydrogens is 390 g/mol. The van der Waals surface area contributed by atoms with Crippen LogP contribution in [0.1, 0.15) is 21.5 Å². The van der Waals surface area contributed by atoms with E-state index in [4.69, 9.17) is 4.74 Å². The van der Waals surface area contributed by atoms with Crippen molar-refractivity contribution in [3.05, 3.63) is 95.8 Å². The van der Waals surface area contributed by atoms with E-state index in [1.807, 2.05) is 59.5 Å². The summed E-state index contributed by atoms with van der Waals surface area (Å²) in [7, 11) is 0. The predicted molar refractivity (Wildman–Crippen MR) is 118 cm³/mol. The van der Waals surface area contributed by atoms with Crippen LogP contribution < -0.4 is 4.74 Å². The van der Waals surface area contributed by atoms with Crippen LogP contribution in [0.25, 0.3) is 0 Å². The lowest BCUT2D eigenvalue weighted by Crippen LogP contribution is -2.51. The minimum Gasteiger partial charge on any atom is -0.489 e. The van der Waals surface area contributed by atoms with Crippen molar-refractivity contribution in [2.75, 3.05) is 26.2 Å². The molecule has 2 heterocycles. The number of piperazine rings is 1. The van der Waals surface area contributed by atoms with Gasteiger partial charge in [-0.05, 0) is 41.5 Å². The molecule has 1 aliphatic rings. The molecule has 2 aromatic carbocycles. The topological polar surface area (TPSA) is 62.7 Å². The molecule has 2 amide bonds. The Balaban J connectivity index is 1.27. The second-order valence-corrected chi connectivity index (χ2v) is 7.51. The van der Waals surface area contributed by atoms with E-state index in [2.05, 4.69) is 4.98 Å². The zero-order valence-electron chi connectivity index (χ0n) is 17.3. The molecule has 6 heteroatoms. The van der Waals surface area contributed by atoms with Gasteiger partial charge in [0.2, 0.25) is 5.91 Å². The number of hydrogen-bond acceptors (Lipinski definition) is 4. The fourth-order valence-corrected chi connectivity index (χ4v) is 3.57. The van der Waals surface area contributed by atoms with Gasteiger partial charge in [-0.25, -0.2) is 0 Å². The van der Waals surface area contributed by atoms with E-state index in [0.717, 1.165) is 16.9 Å². The Labute approximate surface area is 182 Å². The Kier molecular flexibility index (Phi) is 6.57. The maximum absolute atomic E-state index is 12.8. The lowest BCUT2D eigenvalue weighted by atomic mass is 10.1. The van der Waals surface area contributed by atoms with Crippen molar-refractivity contribution in [1.29, 1.82) is 0 Å². The first kappa shape index (κ1) is 20.6. The summed E-state index contributed by atoms with van der Waals surface area (Å²) in [5.74, 6) is 0.778. The molecule has 6 nitrogen and oxygen atoms in total. The number of ether oxygens (including phenoxy) is 1. The number of aromatic nitrogens is 1. The van der Waals surface area contributed by atoms with E-state index in [1.165, 1.54) is 0 Å². The van der Waals surface area contributed by atoms with Gasteiger partial charge < -0.3 is 14.5 Å². The lowest BCUT2D eigenvalue weighted by Gasteiger charge is -2.35. The third kappa shape index (κ3) is 5.48. The van der Waals surface area contributed by atoms with E-state index < -0.39 is 0 Å². The fraction of sp³-hybridized carbons (Fsp3) is 0.240. The Morgan fingerprint density at radius 1 is 0.806 bits per heavy atom. The van der Waals surface area contributed by atoms with Gasteiger partial charge >= 0.3 is 0 Å². The van der Waals surface area contributed by atoms with Crippen LogP contribution in [-0.2, 0) is 17.8 Å². The Bertz CT molecular complexity index is 999. The summed E-state index contributed by atoms with van der Waals surface area (Å²) < 4.78 is 5.79. The zero-order valence-corrected chi connectivity index (χ0v) is 17.3. The molecular formula is C25H25N3O3. The number of hydrogen-bond donors (Lipinski definition) is 0. The number of carbonyl (C=O) groups excluding carboxylic acids is 2. The quantitative estimate of drug-likeness (QED) is 0.620. The summed E-state index contributed by atoms with van der Waals surface area (Å²) in [5, 5.41) is 0. The van der Waals surface area contributed by atoms with E-state index in [0.29, 0.717) is 44.8 Å². The monoisotopic (exact) mass is 415 g/mol. The molecule has 31 heavy (non-hydrogen) atoms. The zero-order chi connectivity index (χ0) is 21.5. The van der Waals surface area contributed by atoms with Gasteiger partial charge in [-0.2, -0.15) is 0 Å². The molecule has 3 aromatic rings. The second kappa shape index (κ2) is 9.89. The first-order valence-corrected chi connectivity index (χ1v) is 10.4. The number of pyridine rings is 1. The van der Waals surface area contributed by atoms with Crippen molar-refractivity contribution in [3.8, 4) is 5.75 Å². The maximum atomic E-state index is 12.8. The first-order chi connectivity index (χ1) is 15.2. The minimum absolute atomic E-state index is 0.0195. The SMILES string of the molecule is O=C(Cc1cccnc1)N1CCN(C(=O)c2ccc(OCc3ccccc3)cc2)CC1. The van der Waals surface area contributed by atoms with E-state index in [9.17, 15) is 9.59 Å². The molecule has 0 bridgehead atoms. The van der Waals surface area contributed by atoms with Crippen LogP contribution >= 0.6 is 0 Å². The van der Waals surface area contributed by atoms with Gasteiger partial charge in [0.25, 0.3) is 5.91 Å². The van der Waals surface area contributed by atoms with Crippen LogP contribution in [0.4, 0.5) is 0 Å². The summed E-state index contributed by atoms with van der Waals surface area (Å²) in [6.07, 6.45) is 3.75. The molecule has 4 rings (SSSR count). The van der Waals surface area contributed by atoms with Gasteiger partial charge in [-0.15, -0.1) is 0 Å². The van der Waals surface area contributed by atoms with Gasteiger partial charge in [0, 0.05) is 44.1 Å². The summed E-state index contributed by atoms with van der Waals surface area (Å²) >= 11 is 0. The second-order valence-electron chi connectivity index (χ2n) is 7.51. The number of amides is 2. The van der Waals surface area contributed by atoms with Crippen LogP contribution in [0.2, 0.25) is 0 Å². The predicted octanol–water partition coefficient (Wildman–Crippen LogP) is 3.19. The van der Waals surface area contributed by atoms with Gasteiger partial charge in [0.1, 0.15) is 12.4 Å². The van der Waals surface area contributed by atoms with Crippen LogP contribution in [0.15, 0.2) is 79.1 Å². The highest BCUT2D eigenvalue weighted by molar-refractivity contribution is 5.94. The molecule has 0 spiro atoms. The highest BCUT2D eigenvalue weighted by atomic mass is 16.5. The third-order valence-corrected chi connectivity index (χ3v) is 5.35. The Hall–Kier alpha value is -3.67. The standard InChI is InChI=1S/C25H25N3O3/c29-24(17-21-7-4-12-26-18-21)27-13-15-28(16-14-27)25(30)22-8-10-23(11-9-22)31-19-20-5-2-1-3-6-20/h1-12,18H,13-17,19H2. The van der Waals surface area contributed by atoms with Crippen molar-refractivity contribution in [2.24, 2.45) is 0 Å². The van der Waals surface area contributed by atoms with Crippen molar-refractivity contribution in [3.63, 3.8) is 0 Å². The van der Waals surface area contributed by atoms with Gasteiger partial charge in [0.15, 0.2) is 0 Å². The summed E-state index contributed by atoms with van der Waals surface area (Å²) in [5.41, 5.74) is 2.63. The smallest absolute Gasteiger partial charge is 0.253 e. The van der Waals surface area contributed by atoms with Crippen molar-refractivity contribution < 1.29 is 14.3 Å². The Morgan fingerprint density at radius 3 is 2.16 bits per heavy atom. The molecule has 0 saturated carbocycles. The summed E-state index contributed by atoms with van der Waals surface area (Å²) in [6, 6.07) is 20.9. The van der Waals surface area contributed by atoms with Crippen molar-refractivity contribution in [1.82, 2.24) is 14.8 Å². The number of nitrogens with zero attached hydrogens (tertiary/aromatic N) is 3. The van der Waals surface area contributed by atoms with Crippen LogP contribution in [-0.4, -0.2) is 52.8 Å². The van der Waals surface area contributed by atoms with Crippen molar-refractivity contribution in [2.45, 2.75) is 13.0 Å². The third-order valence-electron chi connectivity index (χ3n) is 5.35. The molecule has 0 aliphatic carbocycles. The summed E-state index contributed by atoms with van der Waals surface area (Å²) in [6.45, 7) is 2.64. The number of benzene rings is 2. The van der Waals surface area contributed by atoms with Crippen LogP contribution in [0.5, 0.6) is 5.75 Å². The molecule has 1 aromatic heterocycles. The molecule has 1 saturated heterocycles. The molecule has 158 valence electrons. The van der Waals surface area contributed by atoms with E-state index in [1.54, 1.807) is 29.4 Å². The van der Waals surface area contributed by atoms with Gasteiger partial charge in [-0.3, -0.25) is 14.6 Å². The largest absolute Gasteiger partial charge is 0.489 e. The van der Waals surface area contributed by atoms with Gasteiger partial charge in [0.05, 0.1) is 6.42 Å². The molecule has 0 unspecified atom stereocenters. The Morgan fingerprint density at radius 2 is 1.48 bits per heavy atom. The summed E-state index contributed by atoms with van der Waals surface area (Å²) in [4.78, 5) is 33.0. The highest BCUT2D eigenvalue weighted by Crippen LogP contribution is 2.17. The van der Waals surface area contributed by atoms with Crippen molar-refractivity contribution >= 4 is 11.8 Å². The maximum Gasteiger partial charge on any atom is 0.253 e. The minimum atomic E-state index is -0.0195. The average molecular weight is 415 g/mol. The normalized spacial score (nSPS) is 13.7. The lowest BCUT2D eigenvalue weighted by molar-refractivity contribution is -0.131. The number of carbonyl (C=O) groups is 2. The molecule has 1 fully saturated rings. The highest BCUT2D eigenvalue weighted by Gasteiger charge is 2.24. The fourth-order valence-electron chi connectivity index (χ4n) is 3.57. The molecule has 0 radical (unpaired) electrons. The van der Waals surface area contributed by atoms with Crippen LogP contribution in [0, 0.1) is 0 Å². The molecule has 0 atom stereocenters.